The SMILES string of the molecule is CC1(CNC(=O)c2ccnc(Cl)c2[N+](=O)[O-])CCOCC1. The van der Waals surface area contributed by atoms with Crippen LogP contribution in [-0.4, -0.2) is 35.6 Å². The molecule has 0 radical (unpaired) electrons. The van der Waals surface area contributed by atoms with Gasteiger partial charge in [0, 0.05) is 26.0 Å². The lowest BCUT2D eigenvalue weighted by molar-refractivity contribution is -0.385. The lowest BCUT2D eigenvalue weighted by Gasteiger charge is -2.33. The van der Waals surface area contributed by atoms with E-state index in [9.17, 15) is 14.9 Å². The highest BCUT2D eigenvalue weighted by Crippen LogP contribution is 2.29. The highest BCUT2D eigenvalue weighted by Gasteiger charge is 2.30. The first kappa shape index (κ1) is 15.7. The number of halogens is 1. The highest BCUT2D eigenvalue weighted by atomic mass is 35.5. The summed E-state index contributed by atoms with van der Waals surface area (Å²) in [6.45, 7) is 3.82. The maximum Gasteiger partial charge on any atom is 0.319 e. The zero-order valence-corrected chi connectivity index (χ0v) is 12.4. The van der Waals surface area contributed by atoms with E-state index >= 15 is 0 Å². The minimum atomic E-state index is -0.694. The summed E-state index contributed by atoms with van der Waals surface area (Å²) in [5, 5.41) is 13.5. The smallest absolute Gasteiger partial charge is 0.319 e. The van der Waals surface area contributed by atoms with E-state index in [1.165, 1.54) is 12.3 Å². The number of aromatic nitrogens is 1. The summed E-state index contributed by atoms with van der Waals surface area (Å²) in [7, 11) is 0. The average molecular weight is 314 g/mol. The van der Waals surface area contributed by atoms with Crippen molar-refractivity contribution in [1.82, 2.24) is 10.3 Å². The largest absolute Gasteiger partial charge is 0.381 e. The monoisotopic (exact) mass is 313 g/mol. The van der Waals surface area contributed by atoms with Crippen molar-refractivity contribution >= 4 is 23.2 Å². The molecule has 0 aliphatic carbocycles. The first-order valence-corrected chi connectivity index (χ1v) is 6.96. The molecule has 1 saturated heterocycles. The van der Waals surface area contributed by atoms with Crippen molar-refractivity contribution in [2.75, 3.05) is 19.8 Å². The van der Waals surface area contributed by atoms with Gasteiger partial charge in [-0.1, -0.05) is 18.5 Å². The molecule has 2 rings (SSSR count). The van der Waals surface area contributed by atoms with Crippen LogP contribution >= 0.6 is 11.6 Å². The number of carbonyl (C=O) groups excluding carboxylic acids is 1. The second-order valence-corrected chi connectivity index (χ2v) is 5.72. The van der Waals surface area contributed by atoms with Crippen molar-refractivity contribution < 1.29 is 14.5 Å². The van der Waals surface area contributed by atoms with Gasteiger partial charge < -0.3 is 10.1 Å². The van der Waals surface area contributed by atoms with Crippen LogP contribution in [0.25, 0.3) is 0 Å². The van der Waals surface area contributed by atoms with Crippen molar-refractivity contribution in [3.05, 3.63) is 33.1 Å². The van der Waals surface area contributed by atoms with E-state index in [2.05, 4.69) is 17.2 Å². The van der Waals surface area contributed by atoms with Crippen molar-refractivity contribution in [1.29, 1.82) is 0 Å². The average Bonchev–Trinajstić information content (AvgIpc) is 2.45. The summed E-state index contributed by atoms with van der Waals surface area (Å²) in [6.07, 6.45) is 2.96. The molecular formula is C13H16ClN3O4. The number of nitro groups is 1. The Hall–Kier alpha value is -1.73. The molecule has 8 heteroatoms. The van der Waals surface area contributed by atoms with Gasteiger partial charge in [-0.15, -0.1) is 0 Å². The molecular weight excluding hydrogens is 298 g/mol. The van der Waals surface area contributed by atoms with Crippen LogP contribution in [0.4, 0.5) is 5.69 Å². The molecule has 1 fully saturated rings. The minimum absolute atomic E-state index is 0.0560. The van der Waals surface area contributed by atoms with E-state index in [-0.39, 0.29) is 16.1 Å². The Bertz CT molecular complexity index is 558. The molecule has 1 amide bonds. The zero-order valence-electron chi connectivity index (χ0n) is 11.6. The second kappa shape index (κ2) is 6.36. The van der Waals surface area contributed by atoms with Crippen LogP contribution in [0.5, 0.6) is 0 Å². The van der Waals surface area contributed by atoms with Crippen LogP contribution in [-0.2, 0) is 4.74 Å². The molecule has 0 bridgehead atoms. The van der Waals surface area contributed by atoms with Gasteiger partial charge in [0.15, 0.2) is 0 Å². The molecule has 114 valence electrons. The molecule has 1 N–H and O–H groups in total. The number of hydrogen-bond acceptors (Lipinski definition) is 5. The van der Waals surface area contributed by atoms with E-state index < -0.39 is 16.5 Å². The van der Waals surface area contributed by atoms with Crippen LogP contribution in [0.2, 0.25) is 5.15 Å². The summed E-state index contributed by atoms with van der Waals surface area (Å²) >= 11 is 5.70. The Morgan fingerprint density at radius 1 is 1.57 bits per heavy atom. The van der Waals surface area contributed by atoms with Crippen LogP contribution < -0.4 is 5.32 Å². The van der Waals surface area contributed by atoms with Crippen LogP contribution in [0, 0.1) is 15.5 Å². The van der Waals surface area contributed by atoms with Crippen molar-refractivity contribution in [3.8, 4) is 0 Å². The van der Waals surface area contributed by atoms with Crippen LogP contribution in [0.3, 0.4) is 0 Å². The summed E-state index contributed by atoms with van der Waals surface area (Å²) in [6, 6.07) is 1.30. The Kier molecular flexibility index (Phi) is 4.74. The molecule has 0 saturated carbocycles. The van der Waals surface area contributed by atoms with Gasteiger partial charge in [0.1, 0.15) is 5.56 Å². The number of pyridine rings is 1. The number of ether oxygens (including phenoxy) is 1. The summed E-state index contributed by atoms with van der Waals surface area (Å²) in [5.74, 6) is -0.515. The van der Waals surface area contributed by atoms with E-state index in [0.29, 0.717) is 19.8 Å². The van der Waals surface area contributed by atoms with Gasteiger partial charge in [0.2, 0.25) is 5.15 Å². The van der Waals surface area contributed by atoms with E-state index in [1.807, 2.05) is 0 Å². The molecule has 0 atom stereocenters. The second-order valence-electron chi connectivity index (χ2n) is 5.36. The van der Waals surface area contributed by atoms with Crippen molar-refractivity contribution in [3.63, 3.8) is 0 Å². The number of nitrogens with one attached hydrogen (secondary N) is 1. The number of rotatable bonds is 4. The fourth-order valence-corrected chi connectivity index (χ4v) is 2.44. The zero-order chi connectivity index (χ0) is 15.5. The summed E-state index contributed by atoms with van der Waals surface area (Å²) < 4.78 is 5.29. The molecule has 21 heavy (non-hydrogen) atoms. The maximum absolute atomic E-state index is 12.2. The molecule has 0 spiro atoms. The molecule has 2 heterocycles. The summed E-state index contributed by atoms with van der Waals surface area (Å²) in [5.41, 5.74) is -0.594. The standard InChI is InChI=1S/C13H16ClN3O4/c1-13(3-6-21-7-4-13)8-16-12(18)9-2-5-15-11(14)10(9)17(19)20/h2,5H,3-4,6-8H2,1H3,(H,16,18). The van der Waals surface area contributed by atoms with Gasteiger partial charge in [0.05, 0.1) is 4.92 Å². The predicted molar refractivity (Wildman–Crippen MR) is 76.4 cm³/mol. The fraction of sp³-hybridized carbons (Fsp3) is 0.538. The minimum Gasteiger partial charge on any atom is -0.381 e. The first-order valence-electron chi connectivity index (χ1n) is 6.58. The van der Waals surface area contributed by atoms with Gasteiger partial charge >= 0.3 is 5.69 Å². The van der Waals surface area contributed by atoms with Crippen LogP contribution in [0.15, 0.2) is 12.3 Å². The van der Waals surface area contributed by atoms with E-state index in [4.69, 9.17) is 16.3 Å². The van der Waals surface area contributed by atoms with Crippen molar-refractivity contribution in [2.45, 2.75) is 19.8 Å². The lowest BCUT2D eigenvalue weighted by Crippen LogP contribution is -2.39. The molecule has 1 aromatic heterocycles. The van der Waals surface area contributed by atoms with E-state index in [1.54, 1.807) is 0 Å². The molecule has 1 aliphatic rings. The predicted octanol–water partition coefficient (Wildman–Crippen LogP) is 2.19. The highest BCUT2D eigenvalue weighted by molar-refractivity contribution is 6.32. The van der Waals surface area contributed by atoms with Gasteiger partial charge in [0.25, 0.3) is 5.91 Å². The van der Waals surface area contributed by atoms with Crippen LogP contribution in [0.1, 0.15) is 30.1 Å². The molecule has 1 aliphatic heterocycles. The third-order valence-electron chi connectivity index (χ3n) is 3.68. The third-order valence-corrected chi connectivity index (χ3v) is 3.96. The summed E-state index contributed by atoms with van der Waals surface area (Å²) in [4.78, 5) is 26.1. The number of nitrogens with zero attached hydrogens (tertiary/aromatic N) is 2. The Labute approximate surface area is 126 Å². The van der Waals surface area contributed by atoms with E-state index in [0.717, 1.165) is 12.8 Å². The Morgan fingerprint density at radius 3 is 2.86 bits per heavy atom. The van der Waals surface area contributed by atoms with Crippen molar-refractivity contribution in [2.24, 2.45) is 5.41 Å². The Balaban J connectivity index is 2.10. The van der Waals surface area contributed by atoms with Gasteiger partial charge in [-0.3, -0.25) is 14.9 Å². The molecule has 1 aromatic rings. The van der Waals surface area contributed by atoms with Gasteiger partial charge in [-0.05, 0) is 24.3 Å². The maximum atomic E-state index is 12.2. The quantitative estimate of drug-likeness (QED) is 0.522. The first-order chi connectivity index (χ1) is 9.93. The van der Waals surface area contributed by atoms with Gasteiger partial charge in [-0.25, -0.2) is 4.98 Å². The topological polar surface area (TPSA) is 94.4 Å². The molecule has 0 aromatic carbocycles. The van der Waals surface area contributed by atoms with Gasteiger partial charge in [-0.2, -0.15) is 0 Å². The fourth-order valence-electron chi connectivity index (χ4n) is 2.22. The lowest BCUT2D eigenvalue weighted by atomic mass is 9.82. The molecule has 7 nitrogen and oxygen atoms in total. The number of amides is 1. The molecule has 0 unspecified atom stereocenters. The normalized spacial score (nSPS) is 17.2. The number of carbonyl (C=O) groups is 1. The number of hydrogen-bond donors (Lipinski definition) is 1. The Morgan fingerprint density at radius 2 is 2.24 bits per heavy atom. The third kappa shape index (κ3) is 3.68.